The van der Waals surface area contributed by atoms with Crippen molar-refractivity contribution in [3.8, 4) is 33.4 Å². The number of fused-ring (bicyclic) bond motifs is 7. The lowest BCUT2D eigenvalue weighted by atomic mass is 9.74. The fourth-order valence-electron chi connectivity index (χ4n) is 9.23. The van der Waals surface area contributed by atoms with Gasteiger partial charge in [0.1, 0.15) is 0 Å². The zero-order valence-electron chi connectivity index (χ0n) is 31.0. The highest BCUT2D eigenvalue weighted by atomic mass is 32.1. The third kappa shape index (κ3) is 5.07. The third-order valence-corrected chi connectivity index (χ3v) is 13.1. The minimum atomic E-state index is -0.315. The predicted molar refractivity (Wildman–Crippen MR) is 240 cm³/mol. The Balaban J connectivity index is 1.15. The molecule has 10 aromatic rings. The lowest BCUT2D eigenvalue weighted by Gasteiger charge is -2.32. The van der Waals surface area contributed by atoms with E-state index in [1.165, 1.54) is 81.0 Å². The Hall–Kier alpha value is -6.74. The van der Waals surface area contributed by atoms with Crippen LogP contribution in [0.15, 0.2) is 206 Å². The molecule has 11 rings (SSSR count). The van der Waals surface area contributed by atoms with Gasteiger partial charge < -0.3 is 4.90 Å². The van der Waals surface area contributed by atoms with E-state index in [1.807, 2.05) is 11.3 Å². The van der Waals surface area contributed by atoms with Crippen molar-refractivity contribution in [1.29, 1.82) is 0 Å². The summed E-state index contributed by atoms with van der Waals surface area (Å²) in [6.45, 7) is 2.40. The van der Waals surface area contributed by atoms with Gasteiger partial charge in [0.05, 0.1) is 5.69 Å². The van der Waals surface area contributed by atoms with Crippen molar-refractivity contribution in [2.24, 2.45) is 0 Å². The van der Waals surface area contributed by atoms with Crippen LogP contribution < -0.4 is 4.90 Å². The Bertz CT molecular complexity index is 3120. The lowest BCUT2D eigenvalue weighted by Crippen LogP contribution is -2.22. The highest BCUT2D eigenvalue weighted by molar-refractivity contribution is 7.25. The van der Waals surface area contributed by atoms with Crippen LogP contribution in [0.3, 0.4) is 0 Å². The van der Waals surface area contributed by atoms with Gasteiger partial charge in [-0.1, -0.05) is 158 Å². The Morgan fingerprint density at radius 1 is 0.411 bits per heavy atom. The van der Waals surface area contributed by atoms with Gasteiger partial charge in [0.2, 0.25) is 0 Å². The van der Waals surface area contributed by atoms with Gasteiger partial charge in [-0.25, -0.2) is 0 Å². The third-order valence-electron chi connectivity index (χ3n) is 11.9. The summed E-state index contributed by atoms with van der Waals surface area (Å²) in [6.07, 6.45) is 0. The normalized spacial score (nSPS) is 14.6. The maximum absolute atomic E-state index is 2.48. The molecule has 1 aliphatic rings. The van der Waals surface area contributed by atoms with Crippen molar-refractivity contribution in [3.63, 3.8) is 0 Å². The zero-order chi connectivity index (χ0) is 37.2. The van der Waals surface area contributed by atoms with Crippen molar-refractivity contribution in [2.45, 2.75) is 12.3 Å². The van der Waals surface area contributed by atoms with Gasteiger partial charge in [-0.3, -0.25) is 0 Å². The molecular formula is C54H37NS. The summed E-state index contributed by atoms with van der Waals surface area (Å²) in [5.41, 5.74) is 14.5. The van der Waals surface area contributed by atoms with E-state index >= 15 is 0 Å². The first kappa shape index (κ1) is 32.7. The van der Waals surface area contributed by atoms with Gasteiger partial charge in [-0.15, -0.1) is 11.3 Å². The summed E-state index contributed by atoms with van der Waals surface area (Å²) in [7, 11) is 0. The van der Waals surface area contributed by atoms with E-state index < -0.39 is 0 Å². The molecule has 264 valence electrons. The summed E-state index contributed by atoms with van der Waals surface area (Å²) in [5, 5.41) is 5.11. The monoisotopic (exact) mass is 731 g/mol. The van der Waals surface area contributed by atoms with Crippen LogP contribution in [-0.4, -0.2) is 0 Å². The molecule has 0 N–H and O–H groups in total. The van der Waals surface area contributed by atoms with Crippen molar-refractivity contribution >= 4 is 59.3 Å². The minimum absolute atomic E-state index is 0.315. The number of hydrogen-bond acceptors (Lipinski definition) is 2. The molecular weight excluding hydrogens is 695 g/mol. The number of benzene rings is 9. The van der Waals surface area contributed by atoms with Crippen molar-refractivity contribution in [3.05, 3.63) is 223 Å². The molecule has 0 radical (unpaired) electrons. The first-order valence-corrected chi connectivity index (χ1v) is 20.2. The Morgan fingerprint density at radius 3 is 1.98 bits per heavy atom. The van der Waals surface area contributed by atoms with Crippen molar-refractivity contribution in [1.82, 2.24) is 0 Å². The number of nitrogens with zero attached hydrogens (tertiary/aromatic N) is 1. The quantitative estimate of drug-likeness (QED) is 0.165. The minimum Gasteiger partial charge on any atom is -0.310 e. The van der Waals surface area contributed by atoms with Crippen LogP contribution in [0.1, 0.15) is 23.6 Å². The molecule has 56 heavy (non-hydrogen) atoms. The topological polar surface area (TPSA) is 3.24 Å². The van der Waals surface area contributed by atoms with Gasteiger partial charge in [0.15, 0.2) is 0 Å². The SMILES string of the molecule is CC1(c2ccccc2)c2ccccc2-c2ccc(N(c3cccc(-c4cccc5sc6ccccc6c45)c3)c3ccccc3-c3ccc4ccccc4c3)cc21. The molecule has 9 aromatic carbocycles. The highest BCUT2D eigenvalue weighted by Gasteiger charge is 2.41. The summed E-state index contributed by atoms with van der Waals surface area (Å²) < 4.78 is 2.63. The average molecular weight is 732 g/mol. The smallest absolute Gasteiger partial charge is 0.0540 e. The predicted octanol–water partition coefficient (Wildman–Crippen LogP) is 15.3. The van der Waals surface area contributed by atoms with Crippen LogP contribution >= 0.6 is 11.3 Å². The molecule has 0 fully saturated rings. The van der Waals surface area contributed by atoms with Gasteiger partial charge in [-0.05, 0) is 111 Å². The maximum Gasteiger partial charge on any atom is 0.0540 e. The van der Waals surface area contributed by atoms with Crippen molar-refractivity contribution in [2.75, 3.05) is 4.90 Å². The second-order valence-electron chi connectivity index (χ2n) is 15.0. The van der Waals surface area contributed by atoms with Gasteiger partial charge in [-0.2, -0.15) is 0 Å². The van der Waals surface area contributed by atoms with E-state index in [-0.39, 0.29) is 5.41 Å². The molecule has 0 bridgehead atoms. The van der Waals surface area contributed by atoms with E-state index in [0.29, 0.717) is 0 Å². The molecule has 1 heterocycles. The Labute approximate surface area is 331 Å². The number of para-hydroxylation sites is 1. The van der Waals surface area contributed by atoms with E-state index in [1.54, 1.807) is 0 Å². The van der Waals surface area contributed by atoms with Crippen LogP contribution in [0.25, 0.3) is 64.3 Å². The molecule has 1 atom stereocenters. The first-order valence-electron chi connectivity index (χ1n) is 19.3. The van der Waals surface area contributed by atoms with Gasteiger partial charge >= 0.3 is 0 Å². The van der Waals surface area contributed by atoms with E-state index in [9.17, 15) is 0 Å². The summed E-state index contributed by atoms with van der Waals surface area (Å²) in [4.78, 5) is 2.48. The average Bonchev–Trinajstić information content (AvgIpc) is 3.77. The molecule has 0 saturated heterocycles. The van der Waals surface area contributed by atoms with Crippen LogP contribution in [-0.2, 0) is 5.41 Å². The molecule has 2 heteroatoms. The molecule has 0 saturated carbocycles. The molecule has 0 spiro atoms. The Kier molecular flexibility index (Phi) is 7.55. The standard InChI is InChI=1S/C54H37NS/c1-54(40-18-3-2-4-19-40)48-25-10-7-22-45(48)46-32-31-42(35-49(46)54)55(50-26-11-8-21-43(50)39-30-29-36-15-5-6-16-37(36)33-39)41-20-13-17-38(34-41)44-24-14-28-52-53(44)47-23-9-12-27-51(47)56-52/h2-35H,1H3. The largest absolute Gasteiger partial charge is 0.310 e. The second-order valence-corrected chi connectivity index (χ2v) is 16.1. The van der Waals surface area contributed by atoms with E-state index in [2.05, 4.69) is 218 Å². The van der Waals surface area contributed by atoms with Crippen molar-refractivity contribution < 1.29 is 0 Å². The molecule has 0 amide bonds. The summed E-state index contributed by atoms with van der Waals surface area (Å²) >= 11 is 1.87. The van der Waals surface area contributed by atoms with Crippen LogP contribution in [0, 0.1) is 0 Å². The summed E-state index contributed by atoms with van der Waals surface area (Å²) in [6, 6.07) is 76.1. The van der Waals surface area contributed by atoms with Crippen LogP contribution in [0.2, 0.25) is 0 Å². The molecule has 1 nitrogen and oxygen atoms in total. The highest BCUT2D eigenvalue weighted by Crippen LogP contribution is 2.54. The maximum atomic E-state index is 2.48. The van der Waals surface area contributed by atoms with E-state index in [4.69, 9.17) is 0 Å². The number of hydrogen-bond donors (Lipinski definition) is 0. The van der Waals surface area contributed by atoms with Gasteiger partial charge in [0.25, 0.3) is 0 Å². The van der Waals surface area contributed by atoms with E-state index in [0.717, 1.165) is 17.1 Å². The lowest BCUT2D eigenvalue weighted by molar-refractivity contribution is 0.714. The first-order chi connectivity index (χ1) is 27.6. The molecule has 0 aliphatic heterocycles. The van der Waals surface area contributed by atoms with Crippen LogP contribution in [0.4, 0.5) is 17.1 Å². The van der Waals surface area contributed by atoms with Gasteiger partial charge in [0, 0.05) is 42.5 Å². The molecule has 1 aliphatic carbocycles. The Morgan fingerprint density at radius 2 is 1.07 bits per heavy atom. The fourth-order valence-corrected chi connectivity index (χ4v) is 10.4. The van der Waals surface area contributed by atoms with Crippen LogP contribution in [0.5, 0.6) is 0 Å². The number of anilines is 3. The summed E-state index contributed by atoms with van der Waals surface area (Å²) in [5.74, 6) is 0. The number of thiophene rings is 1. The molecule has 1 unspecified atom stereocenters. The molecule has 1 aromatic heterocycles. The second kappa shape index (κ2) is 12.9. The fraction of sp³-hybridized carbons (Fsp3) is 0.0370. The number of rotatable bonds is 6. The zero-order valence-corrected chi connectivity index (χ0v) is 31.8.